The zero-order valence-corrected chi connectivity index (χ0v) is 11.1. The van der Waals surface area contributed by atoms with E-state index in [1.807, 2.05) is 18.7 Å². The molecule has 0 unspecified atom stereocenters. The Hall–Kier alpha value is -0.840. The Morgan fingerprint density at radius 3 is 2.31 bits per heavy atom. The van der Waals surface area contributed by atoms with Crippen LogP contribution in [0, 0.1) is 5.41 Å². The Balaban J connectivity index is 2.49. The van der Waals surface area contributed by atoms with Crippen LogP contribution in [0.3, 0.4) is 0 Å². The summed E-state index contributed by atoms with van der Waals surface area (Å²) in [5.41, 5.74) is 5.64. The van der Waals surface area contributed by atoms with Gasteiger partial charge in [-0.3, -0.25) is 0 Å². The maximum Gasteiger partial charge on any atom is 0.317 e. The monoisotopic (exact) mass is 243 g/mol. The zero-order chi connectivity index (χ0) is 12.3. The number of carbonyl (C=O) groups is 1. The van der Waals surface area contributed by atoms with Crippen LogP contribution in [-0.4, -0.2) is 35.1 Å². The molecule has 0 atom stereocenters. The predicted molar refractivity (Wildman–Crippen MR) is 69.4 cm³/mol. The van der Waals surface area contributed by atoms with Crippen LogP contribution in [0.15, 0.2) is 0 Å². The highest BCUT2D eigenvalue weighted by atomic mass is 32.1. The van der Waals surface area contributed by atoms with Crippen LogP contribution in [0.25, 0.3) is 0 Å². The minimum atomic E-state index is -0.0794. The Labute approximate surface area is 103 Å². The second kappa shape index (κ2) is 4.99. The molecule has 4 nitrogen and oxygen atoms in total. The van der Waals surface area contributed by atoms with Crippen molar-refractivity contribution in [3.05, 3.63) is 0 Å². The third kappa shape index (κ3) is 3.07. The van der Waals surface area contributed by atoms with E-state index in [-0.39, 0.29) is 17.5 Å². The van der Waals surface area contributed by atoms with Crippen molar-refractivity contribution >= 4 is 23.2 Å². The van der Waals surface area contributed by atoms with Gasteiger partial charge in [0.1, 0.15) is 0 Å². The first-order valence-corrected chi connectivity index (χ1v) is 6.11. The van der Waals surface area contributed by atoms with E-state index in [0.29, 0.717) is 4.99 Å². The van der Waals surface area contributed by atoms with Gasteiger partial charge in [0, 0.05) is 24.5 Å². The lowest BCUT2D eigenvalue weighted by atomic mass is 9.80. The first kappa shape index (κ1) is 13.2. The Bertz CT molecular complexity index is 283. The Morgan fingerprint density at radius 2 is 1.94 bits per heavy atom. The van der Waals surface area contributed by atoms with Crippen LogP contribution in [0.4, 0.5) is 4.79 Å². The molecule has 3 N–H and O–H groups in total. The van der Waals surface area contributed by atoms with Crippen molar-refractivity contribution in [3.63, 3.8) is 0 Å². The standard InChI is InChI=1S/C11H21N3OS/c1-8(2)13-10(15)14-6-4-11(3,5-7-14)9(12)16/h8H,4-7H2,1-3H3,(H2,12,16)(H,13,15). The summed E-state index contributed by atoms with van der Waals surface area (Å²) in [6, 6.07) is 0.191. The molecular weight excluding hydrogens is 222 g/mol. The molecule has 0 aromatic heterocycles. The average molecular weight is 243 g/mol. The minimum Gasteiger partial charge on any atom is -0.393 e. The van der Waals surface area contributed by atoms with E-state index >= 15 is 0 Å². The third-order valence-electron chi connectivity index (χ3n) is 3.16. The number of hydrogen-bond acceptors (Lipinski definition) is 2. The van der Waals surface area contributed by atoms with E-state index in [4.69, 9.17) is 18.0 Å². The van der Waals surface area contributed by atoms with Crippen molar-refractivity contribution in [2.45, 2.75) is 39.7 Å². The Kier molecular flexibility index (Phi) is 4.13. The van der Waals surface area contributed by atoms with E-state index in [1.54, 1.807) is 0 Å². The maximum atomic E-state index is 11.7. The van der Waals surface area contributed by atoms with Crippen molar-refractivity contribution in [1.29, 1.82) is 0 Å². The molecule has 0 aromatic carbocycles. The molecule has 0 aliphatic carbocycles. The van der Waals surface area contributed by atoms with E-state index in [0.717, 1.165) is 25.9 Å². The second-order valence-electron chi connectivity index (χ2n) is 5.02. The van der Waals surface area contributed by atoms with Crippen LogP contribution in [0.1, 0.15) is 33.6 Å². The van der Waals surface area contributed by atoms with Gasteiger partial charge in [-0.2, -0.15) is 0 Å². The molecule has 0 radical (unpaired) electrons. The fraction of sp³-hybridized carbons (Fsp3) is 0.818. The zero-order valence-electron chi connectivity index (χ0n) is 10.2. The summed E-state index contributed by atoms with van der Waals surface area (Å²) in [5, 5.41) is 2.89. The lowest BCUT2D eigenvalue weighted by Gasteiger charge is -2.38. The van der Waals surface area contributed by atoms with Crippen molar-refractivity contribution in [3.8, 4) is 0 Å². The number of amides is 2. The molecular formula is C11H21N3OS. The summed E-state index contributed by atoms with van der Waals surface area (Å²) in [5.74, 6) is 0. The molecule has 1 saturated heterocycles. The molecule has 0 bridgehead atoms. The summed E-state index contributed by atoms with van der Waals surface area (Å²) in [6.45, 7) is 7.45. The molecule has 1 rings (SSSR count). The topological polar surface area (TPSA) is 58.4 Å². The number of rotatable bonds is 2. The third-order valence-corrected chi connectivity index (χ3v) is 3.65. The van der Waals surface area contributed by atoms with Crippen LogP contribution >= 0.6 is 12.2 Å². The number of urea groups is 1. The van der Waals surface area contributed by atoms with Gasteiger partial charge in [-0.25, -0.2) is 4.79 Å². The highest BCUT2D eigenvalue weighted by Crippen LogP contribution is 2.31. The number of nitrogens with one attached hydrogen (secondary N) is 1. The van der Waals surface area contributed by atoms with Gasteiger partial charge in [0.25, 0.3) is 0 Å². The Morgan fingerprint density at radius 1 is 1.44 bits per heavy atom. The van der Waals surface area contributed by atoms with E-state index < -0.39 is 0 Å². The van der Waals surface area contributed by atoms with Gasteiger partial charge in [0.2, 0.25) is 0 Å². The average Bonchev–Trinajstić information content (AvgIpc) is 2.17. The second-order valence-corrected chi connectivity index (χ2v) is 5.46. The molecule has 1 aliphatic heterocycles. The molecule has 0 saturated carbocycles. The van der Waals surface area contributed by atoms with Crippen molar-refractivity contribution in [2.24, 2.45) is 11.1 Å². The van der Waals surface area contributed by atoms with Crippen LogP contribution < -0.4 is 11.1 Å². The molecule has 0 aromatic rings. The van der Waals surface area contributed by atoms with Crippen LogP contribution in [0.5, 0.6) is 0 Å². The highest BCUT2D eigenvalue weighted by molar-refractivity contribution is 7.80. The van der Waals surface area contributed by atoms with E-state index in [9.17, 15) is 4.79 Å². The smallest absolute Gasteiger partial charge is 0.317 e. The van der Waals surface area contributed by atoms with Crippen molar-refractivity contribution in [1.82, 2.24) is 10.2 Å². The number of hydrogen-bond donors (Lipinski definition) is 2. The molecule has 5 heteroatoms. The molecule has 1 fully saturated rings. The number of nitrogens with zero attached hydrogens (tertiary/aromatic N) is 1. The lowest BCUT2D eigenvalue weighted by molar-refractivity contribution is 0.158. The summed E-state index contributed by atoms with van der Waals surface area (Å²) in [7, 11) is 0. The van der Waals surface area contributed by atoms with E-state index in [1.165, 1.54) is 0 Å². The molecule has 92 valence electrons. The largest absolute Gasteiger partial charge is 0.393 e. The highest BCUT2D eigenvalue weighted by Gasteiger charge is 2.34. The van der Waals surface area contributed by atoms with Crippen LogP contribution in [-0.2, 0) is 0 Å². The summed E-state index contributed by atoms with van der Waals surface area (Å²) < 4.78 is 0. The molecule has 1 heterocycles. The number of carbonyl (C=O) groups excluding carboxylic acids is 1. The van der Waals surface area contributed by atoms with Crippen molar-refractivity contribution in [2.75, 3.05) is 13.1 Å². The summed E-state index contributed by atoms with van der Waals surface area (Å²) >= 11 is 5.06. The maximum absolute atomic E-state index is 11.7. The van der Waals surface area contributed by atoms with Gasteiger partial charge in [-0.05, 0) is 26.7 Å². The predicted octanol–water partition coefficient (Wildman–Crippen LogP) is 1.49. The van der Waals surface area contributed by atoms with Crippen LogP contribution in [0.2, 0.25) is 0 Å². The minimum absolute atomic E-state index is 0.0139. The van der Waals surface area contributed by atoms with Gasteiger partial charge in [0.05, 0.1) is 4.99 Å². The number of thiocarbonyl (C=S) groups is 1. The van der Waals surface area contributed by atoms with Gasteiger partial charge in [0.15, 0.2) is 0 Å². The molecule has 16 heavy (non-hydrogen) atoms. The van der Waals surface area contributed by atoms with Gasteiger partial charge >= 0.3 is 6.03 Å². The number of likely N-dealkylation sites (tertiary alicyclic amines) is 1. The first-order chi connectivity index (χ1) is 7.35. The first-order valence-electron chi connectivity index (χ1n) is 5.70. The summed E-state index contributed by atoms with van der Waals surface area (Å²) in [6.07, 6.45) is 1.71. The summed E-state index contributed by atoms with van der Waals surface area (Å²) in [4.78, 5) is 14.1. The van der Waals surface area contributed by atoms with Crippen molar-refractivity contribution < 1.29 is 4.79 Å². The number of piperidine rings is 1. The molecule has 0 spiro atoms. The van der Waals surface area contributed by atoms with Gasteiger partial charge in [-0.1, -0.05) is 19.1 Å². The number of nitrogens with two attached hydrogens (primary N) is 1. The normalized spacial score (nSPS) is 19.6. The molecule has 2 amide bonds. The SMILES string of the molecule is CC(C)NC(=O)N1CCC(C)(C(N)=S)CC1. The van der Waals surface area contributed by atoms with Gasteiger partial charge < -0.3 is 16.0 Å². The lowest BCUT2D eigenvalue weighted by Crippen LogP contribution is -2.50. The quantitative estimate of drug-likeness (QED) is 0.723. The van der Waals surface area contributed by atoms with Gasteiger partial charge in [-0.15, -0.1) is 0 Å². The fourth-order valence-electron chi connectivity index (χ4n) is 1.79. The van der Waals surface area contributed by atoms with E-state index in [2.05, 4.69) is 12.2 Å². The fourth-order valence-corrected chi connectivity index (χ4v) is 1.99. The molecule has 1 aliphatic rings.